The quantitative estimate of drug-likeness (QED) is 0.363. The van der Waals surface area contributed by atoms with E-state index in [9.17, 15) is 9.59 Å². The van der Waals surface area contributed by atoms with Gasteiger partial charge in [0.15, 0.2) is 11.6 Å². The summed E-state index contributed by atoms with van der Waals surface area (Å²) in [4.78, 5) is 28.6. The number of anilines is 2. The molecule has 8 heteroatoms. The first-order valence-electron chi connectivity index (χ1n) is 9.84. The van der Waals surface area contributed by atoms with E-state index in [4.69, 9.17) is 5.11 Å². The van der Waals surface area contributed by atoms with Gasteiger partial charge in [0.05, 0.1) is 17.7 Å². The lowest BCUT2D eigenvalue weighted by molar-refractivity contribution is 0.0980. The van der Waals surface area contributed by atoms with Crippen LogP contribution in [-0.4, -0.2) is 75.0 Å². The highest BCUT2D eigenvalue weighted by molar-refractivity contribution is 6.31. The molecule has 0 bridgehead atoms. The minimum absolute atomic E-state index is 0. The fraction of sp³-hybridized carbons (Fsp3) is 0.364. The fourth-order valence-corrected chi connectivity index (χ4v) is 3.42. The van der Waals surface area contributed by atoms with Crippen LogP contribution in [0.15, 0.2) is 36.4 Å². The lowest BCUT2D eigenvalue weighted by Crippen LogP contribution is -2.28. The largest absolute Gasteiger partial charge is 0.395 e. The molecule has 7 nitrogen and oxygen atoms in total. The molecule has 2 aromatic rings. The van der Waals surface area contributed by atoms with Crippen molar-refractivity contribution in [1.82, 2.24) is 10.2 Å². The van der Waals surface area contributed by atoms with Crippen molar-refractivity contribution in [3.8, 4) is 0 Å². The first kappa shape index (κ1) is 23.8. The lowest BCUT2D eigenvalue weighted by atomic mass is 9.82. The molecule has 1 aliphatic rings. The Labute approximate surface area is 183 Å². The SMILES string of the molecule is CN(C)CCNc1ccc(NCCNCCO)c2c1C(=O)c1ccccc1C2=O.Cl. The van der Waals surface area contributed by atoms with Crippen LogP contribution in [0.3, 0.4) is 0 Å². The van der Waals surface area contributed by atoms with Crippen LogP contribution in [0.4, 0.5) is 11.4 Å². The summed E-state index contributed by atoms with van der Waals surface area (Å²) in [6.07, 6.45) is 0. The van der Waals surface area contributed by atoms with Gasteiger partial charge in [0, 0.05) is 55.2 Å². The first-order chi connectivity index (χ1) is 14.0. The summed E-state index contributed by atoms with van der Waals surface area (Å²) in [6.45, 7) is 3.27. The molecule has 0 amide bonds. The van der Waals surface area contributed by atoms with E-state index in [-0.39, 0.29) is 30.6 Å². The third-order valence-electron chi connectivity index (χ3n) is 4.86. The Kier molecular flexibility index (Phi) is 8.80. The number of halogens is 1. The minimum atomic E-state index is -0.141. The normalized spacial score (nSPS) is 12.3. The van der Waals surface area contributed by atoms with E-state index in [1.54, 1.807) is 24.3 Å². The zero-order chi connectivity index (χ0) is 20.8. The maximum absolute atomic E-state index is 13.3. The Morgan fingerprint density at radius 2 is 1.33 bits per heavy atom. The molecule has 2 aromatic carbocycles. The van der Waals surface area contributed by atoms with Crippen LogP contribution in [0.25, 0.3) is 0 Å². The van der Waals surface area contributed by atoms with Crippen LogP contribution in [0.5, 0.6) is 0 Å². The number of carbonyl (C=O) groups excluding carboxylic acids is 2. The molecule has 0 spiro atoms. The van der Waals surface area contributed by atoms with Crippen LogP contribution in [0.2, 0.25) is 0 Å². The standard InChI is InChI=1S/C22H28N4O3.ClH/c1-26(2)13-11-25-18-8-7-17(24-10-9-23-12-14-27)19-20(18)22(29)16-6-4-3-5-15(16)21(19)28;/h3-8,23-25,27H,9-14H2,1-2H3;1H. The summed E-state index contributed by atoms with van der Waals surface area (Å²) < 4.78 is 0. The lowest BCUT2D eigenvalue weighted by Gasteiger charge is -2.24. The molecule has 0 atom stereocenters. The van der Waals surface area contributed by atoms with Crippen LogP contribution in [0.1, 0.15) is 31.8 Å². The molecule has 162 valence electrons. The topological polar surface area (TPSA) is 93.7 Å². The fourth-order valence-electron chi connectivity index (χ4n) is 3.42. The predicted molar refractivity (Wildman–Crippen MR) is 122 cm³/mol. The van der Waals surface area contributed by atoms with E-state index in [2.05, 4.69) is 20.9 Å². The second-order valence-electron chi connectivity index (χ2n) is 7.24. The Morgan fingerprint density at radius 1 is 0.800 bits per heavy atom. The Morgan fingerprint density at radius 3 is 1.83 bits per heavy atom. The smallest absolute Gasteiger partial charge is 0.196 e. The summed E-state index contributed by atoms with van der Waals surface area (Å²) in [7, 11) is 3.97. The molecule has 0 unspecified atom stereocenters. The highest BCUT2D eigenvalue weighted by Gasteiger charge is 2.33. The van der Waals surface area contributed by atoms with Gasteiger partial charge in [-0.1, -0.05) is 24.3 Å². The number of hydrogen-bond donors (Lipinski definition) is 4. The highest BCUT2D eigenvalue weighted by atomic mass is 35.5. The first-order valence-corrected chi connectivity index (χ1v) is 9.84. The van der Waals surface area contributed by atoms with Crippen molar-refractivity contribution in [3.05, 3.63) is 58.7 Å². The van der Waals surface area contributed by atoms with Crippen molar-refractivity contribution < 1.29 is 14.7 Å². The van der Waals surface area contributed by atoms with E-state index in [1.165, 1.54) is 0 Å². The molecule has 0 saturated carbocycles. The van der Waals surface area contributed by atoms with Crippen LogP contribution < -0.4 is 16.0 Å². The number of ketones is 2. The molecule has 0 heterocycles. The summed E-state index contributed by atoms with van der Waals surface area (Å²) in [5.41, 5.74) is 3.07. The van der Waals surface area contributed by atoms with Crippen LogP contribution >= 0.6 is 12.4 Å². The van der Waals surface area contributed by atoms with Gasteiger partial charge in [0.25, 0.3) is 0 Å². The van der Waals surface area contributed by atoms with Crippen molar-refractivity contribution in [2.45, 2.75) is 0 Å². The molecular formula is C22H29ClN4O3. The average Bonchev–Trinajstić information content (AvgIpc) is 2.72. The van der Waals surface area contributed by atoms with E-state index >= 15 is 0 Å². The van der Waals surface area contributed by atoms with E-state index in [0.717, 1.165) is 6.54 Å². The van der Waals surface area contributed by atoms with Gasteiger partial charge in [0.2, 0.25) is 0 Å². The van der Waals surface area contributed by atoms with E-state index in [0.29, 0.717) is 59.8 Å². The summed E-state index contributed by atoms with van der Waals surface area (Å²) >= 11 is 0. The Hall–Kier alpha value is -2.45. The maximum Gasteiger partial charge on any atom is 0.196 e. The number of aliphatic hydroxyl groups excluding tert-OH is 1. The zero-order valence-electron chi connectivity index (χ0n) is 17.3. The number of rotatable bonds is 10. The summed E-state index contributed by atoms with van der Waals surface area (Å²) in [6, 6.07) is 10.7. The number of likely N-dealkylation sites (N-methyl/N-ethyl adjacent to an activating group) is 1. The number of nitrogens with zero attached hydrogens (tertiary/aromatic N) is 1. The molecule has 0 aliphatic heterocycles. The number of fused-ring (bicyclic) bond motifs is 2. The van der Waals surface area contributed by atoms with Gasteiger partial charge in [-0.15, -0.1) is 12.4 Å². The number of hydrogen-bond acceptors (Lipinski definition) is 7. The van der Waals surface area contributed by atoms with Gasteiger partial charge in [-0.2, -0.15) is 0 Å². The second kappa shape index (κ2) is 11.1. The van der Waals surface area contributed by atoms with Gasteiger partial charge < -0.3 is 26.0 Å². The highest BCUT2D eigenvalue weighted by Crippen LogP contribution is 2.36. The van der Waals surface area contributed by atoms with Crippen molar-refractivity contribution in [3.63, 3.8) is 0 Å². The van der Waals surface area contributed by atoms with Crippen molar-refractivity contribution >= 4 is 35.3 Å². The molecule has 0 saturated heterocycles. The number of benzene rings is 2. The average molecular weight is 433 g/mol. The van der Waals surface area contributed by atoms with E-state index in [1.807, 2.05) is 26.2 Å². The Balaban J connectivity index is 0.00000320. The summed E-state index contributed by atoms with van der Waals surface area (Å²) in [5.74, 6) is -0.276. The third-order valence-corrected chi connectivity index (χ3v) is 4.86. The molecule has 0 radical (unpaired) electrons. The summed E-state index contributed by atoms with van der Waals surface area (Å²) in [5, 5.41) is 18.5. The molecule has 4 N–H and O–H groups in total. The Bertz CT molecular complexity index is 902. The van der Waals surface area contributed by atoms with Gasteiger partial charge in [-0.25, -0.2) is 0 Å². The van der Waals surface area contributed by atoms with Gasteiger partial charge in [-0.05, 0) is 26.2 Å². The minimum Gasteiger partial charge on any atom is -0.395 e. The predicted octanol–water partition coefficient (Wildman–Crippen LogP) is 1.85. The monoisotopic (exact) mass is 432 g/mol. The third kappa shape index (κ3) is 5.17. The molecular weight excluding hydrogens is 404 g/mol. The molecule has 0 fully saturated rings. The van der Waals surface area contributed by atoms with Crippen LogP contribution in [0, 0.1) is 0 Å². The molecule has 1 aliphatic carbocycles. The molecule has 3 rings (SSSR count). The van der Waals surface area contributed by atoms with Crippen molar-refractivity contribution in [2.24, 2.45) is 0 Å². The van der Waals surface area contributed by atoms with Crippen molar-refractivity contribution in [1.29, 1.82) is 0 Å². The zero-order valence-corrected chi connectivity index (χ0v) is 18.1. The number of carbonyl (C=O) groups is 2. The maximum atomic E-state index is 13.3. The van der Waals surface area contributed by atoms with Gasteiger partial charge in [-0.3, -0.25) is 9.59 Å². The number of aliphatic hydroxyl groups is 1. The second-order valence-corrected chi connectivity index (χ2v) is 7.24. The van der Waals surface area contributed by atoms with Crippen molar-refractivity contribution in [2.75, 3.05) is 64.1 Å². The molecule has 0 aromatic heterocycles. The van der Waals surface area contributed by atoms with Crippen LogP contribution in [-0.2, 0) is 0 Å². The van der Waals surface area contributed by atoms with Gasteiger partial charge >= 0.3 is 0 Å². The molecule has 30 heavy (non-hydrogen) atoms. The number of nitrogens with one attached hydrogen (secondary N) is 3. The van der Waals surface area contributed by atoms with Gasteiger partial charge in [0.1, 0.15) is 0 Å². The van der Waals surface area contributed by atoms with E-state index < -0.39 is 0 Å².